The number of hydrogen-bond donors (Lipinski definition) is 0. The lowest BCUT2D eigenvalue weighted by molar-refractivity contribution is -0.135. The largest absolute Gasteiger partial charge is 0.443 e. The highest BCUT2D eigenvalue weighted by atomic mass is 19.4. The van der Waals surface area contributed by atoms with E-state index < -0.39 is 40.9 Å². The Labute approximate surface area is 179 Å². The minimum atomic E-state index is -4.91. The normalized spacial score (nSPS) is 12.6. The quantitative estimate of drug-likeness (QED) is 0.534. The van der Waals surface area contributed by atoms with E-state index in [9.17, 15) is 22.8 Å². The number of aryl methyl sites for hydroxylation is 1. The van der Waals surface area contributed by atoms with Gasteiger partial charge in [0.1, 0.15) is 16.8 Å². The summed E-state index contributed by atoms with van der Waals surface area (Å²) in [6.07, 6.45) is -7.24. The van der Waals surface area contributed by atoms with Crippen LogP contribution in [0, 0.1) is 0 Å². The van der Waals surface area contributed by atoms with Crippen LogP contribution in [0.5, 0.6) is 0 Å². The molecule has 6 nitrogen and oxygen atoms in total. The smallest absolute Gasteiger partial charge is 0.425 e. The molecule has 0 atom stereocenters. The van der Waals surface area contributed by atoms with Gasteiger partial charge in [0.15, 0.2) is 5.82 Å². The van der Waals surface area contributed by atoms with Crippen LogP contribution >= 0.6 is 0 Å². The van der Waals surface area contributed by atoms with E-state index in [0.717, 1.165) is 0 Å². The van der Waals surface area contributed by atoms with Crippen LogP contribution in [0.4, 0.5) is 28.6 Å². The Kier molecular flexibility index (Phi) is 6.59. The lowest BCUT2D eigenvalue weighted by Crippen LogP contribution is -2.45. The molecule has 0 aliphatic carbocycles. The Morgan fingerprint density at radius 1 is 0.903 bits per heavy atom. The van der Waals surface area contributed by atoms with Gasteiger partial charge in [0, 0.05) is 5.39 Å². The van der Waals surface area contributed by atoms with Gasteiger partial charge in [0.25, 0.3) is 0 Å². The maximum absolute atomic E-state index is 14.2. The SMILES string of the molecule is CCc1nc(N(C(=O)OC(C)(C)C)C(=O)OC(C)(C)C)c(C(F)(F)F)c2ccccc12. The Hall–Kier alpha value is -2.84. The van der Waals surface area contributed by atoms with Crippen molar-refractivity contribution >= 4 is 28.8 Å². The molecule has 2 amide bonds. The minimum Gasteiger partial charge on any atom is -0.443 e. The van der Waals surface area contributed by atoms with Gasteiger partial charge in [-0.3, -0.25) is 0 Å². The topological polar surface area (TPSA) is 68.7 Å². The van der Waals surface area contributed by atoms with Gasteiger partial charge in [0.05, 0.1) is 5.69 Å². The number of amides is 2. The summed E-state index contributed by atoms with van der Waals surface area (Å²) in [5, 5.41) is 0.114. The lowest BCUT2D eigenvalue weighted by Gasteiger charge is -2.30. The molecule has 1 aromatic heterocycles. The Balaban J connectivity index is 2.87. The maximum Gasteiger partial charge on any atom is 0.425 e. The number of aromatic nitrogens is 1. The lowest BCUT2D eigenvalue weighted by atomic mass is 10.0. The van der Waals surface area contributed by atoms with Crippen molar-refractivity contribution in [3.05, 3.63) is 35.5 Å². The van der Waals surface area contributed by atoms with Crippen LogP contribution in [0.2, 0.25) is 0 Å². The third-order valence-electron chi connectivity index (χ3n) is 3.95. The zero-order valence-electron chi connectivity index (χ0n) is 18.7. The fraction of sp³-hybridized carbons (Fsp3) is 0.500. The summed E-state index contributed by atoms with van der Waals surface area (Å²) in [4.78, 5) is 30.1. The molecular weight excluding hydrogens is 413 g/mol. The number of pyridine rings is 1. The summed E-state index contributed by atoms with van der Waals surface area (Å²) in [5.74, 6) is -0.869. The number of carbonyl (C=O) groups excluding carboxylic acids is 2. The third kappa shape index (κ3) is 5.86. The van der Waals surface area contributed by atoms with Gasteiger partial charge in [-0.05, 0) is 53.3 Å². The number of ether oxygens (including phenoxy) is 2. The van der Waals surface area contributed by atoms with Gasteiger partial charge in [0.2, 0.25) is 0 Å². The number of carbonyl (C=O) groups is 2. The average molecular weight is 440 g/mol. The van der Waals surface area contributed by atoms with Gasteiger partial charge in [-0.15, -0.1) is 0 Å². The number of anilines is 1. The molecular formula is C22H27F3N2O4. The van der Waals surface area contributed by atoms with Crippen molar-refractivity contribution in [1.29, 1.82) is 0 Å². The second-order valence-corrected chi connectivity index (χ2v) is 8.95. The van der Waals surface area contributed by atoms with Crippen molar-refractivity contribution < 1.29 is 32.2 Å². The van der Waals surface area contributed by atoms with Crippen molar-refractivity contribution in [2.24, 2.45) is 0 Å². The van der Waals surface area contributed by atoms with E-state index in [2.05, 4.69) is 4.98 Å². The van der Waals surface area contributed by atoms with Crippen LogP contribution < -0.4 is 4.90 Å². The number of imide groups is 1. The van der Waals surface area contributed by atoms with E-state index in [0.29, 0.717) is 5.69 Å². The molecule has 1 aromatic carbocycles. The molecule has 0 radical (unpaired) electrons. The second-order valence-electron chi connectivity index (χ2n) is 8.95. The Morgan fingerprint density at radius 3 is 1.74 bits per heavy atom. The van der Waals surface area contributed by atoms with Gasteiger partial charge < -0.3 is 9.47 Å². The number of alkyl halides is 3. The van der Waals surface area contributed by atoms with E-state index in [1.807, 2.05) is 0 Å². The van der Waals surface area contributed by atoms with E-state index in [-0.39, 0.29) is 22.1 Å². The van der Waals surface area contributed by atoms with Crippen molar-refractivity contribution in [2.75, 3.05) is 4.90 Å². The first-order chi connectivity index (χ1) is 14.0. The standard InChI is InChI=1S/C22H27F3N2O4/c1-8-15-13-11-9-10-12-14(13)16(22(23,24)25)17(26-15)27(18(28)30-20(2,3)4)19(29)31-21(5,6)7/h9-12H,8H2,1-7H3. The van der Waals surface area contributed by atoms with Crippen molar-refractivity contribution in [3.8, 4) is 0 Å². The van der Waals surface area contributed by atoms with Crippen molar-refractivity contribution in [1.82, 2.24) is 4.98 Å². The minimum absolute atomic E-state index is 0.172. The van der Waals surface area contributed by atoms with Crippen molar-refractivity contribution in [3.63, 3.8) is 0 Å². The summed E-state index contributed by atoms with van der Waals surface area (Å²) in [6, 6.07) is 5.85. The molecule has 0 fully saturated rings. The van der Waals surface area contributed by atoms with Crippen LogP contribution in [0.3, 0.4) is 0 Å². The molecule has 0 bridgehead atoms. The number of benzene rings is 1. The van der Waals surface area contributed by atoms with Crippen LogP contribution in [-0.2, 0) is 22.1 Å². The molecule has 2 aromatic rings. The van der Waals surface area contributed by atoms with E-state index in [4.69, 9.17) is 9.47 Å². The van der Waals surface area contributed by atoms with E-state index >= 15 is 0 Å². The number of nitrogens with zero attached hydrogens (tertiary/aromatic N) is 2. The summed E-state index contributed by atoms with van der Waals surface area (Å²) >= 11 is 0. The van der Waals surface area contributed by atoms with Crippen LogP contribution in [0.15, 0.2) is 24.3 Å². The van der Waals surface area contributed by atoms with Gasteiger partial charge in [-0.25, -0.2) is 14.6 Å². The Morgan fingerprint density at radius 2 is 1.35 bits per heavy atom. The molecule has 0 N–H and O–H groups in total. The molecule has 0 saturated carbocycles. The number of rotatable bonds is 2. The predicted octanol–water partition coefficient (Wildman–Crippen LogP) is 6.49. The maximum atomic E-state index is 14.2. The van der Waals surface area contributed by atoms with Gasteiger partial charge in [-0.1, -0.05) is 31.2 Å². The fourth-order valence-electron chi connectivity index (χ4n) is 2.89. The first kappa shape index (κ1) is 24.4. The first-order valence-corrected chi connectivity index (χ1v) is 9.80. The predicted molar refractivity (Wildman–Crippen MR) is 111 cm³/mol. The second kappa shape index (κ2) is 8.36. The molecule has 2 rings (SSSR count). The highest BCUT2D eigenvalue weighted by Crippen LogP contribution is 2.42. The first-order valence-electron chi connectivity index (χ1n) is 9.80. The third-order valence-corrected chi connectivity index (χ3v) is 3.95. The zero-order valence-corrected chi connectivity index (χ0v) is 18.7. The van der Waals surface area contributed by atoms with Crippen LogP contribution in [0.1, 0.15) is 59.7 Å². The zero-order chi connectivity index (χ0) is 23.8. The molecule has 0 saturated heterocycles. The molecule has 0 unspecified atom stereocenters. The summed E-state index contributed by atoms with van der Waals surface area (Å²) in [7, 11) is 0. The van der Waals surface area contributed by atoms with E-state index in [1.165, 1.54) is 59.7 Å². The fourth-order valence-corrected chi connectivity index (χ4v) is 2.89. The molecule has 1 heterocycles. The van der Waals surface area contributed by atoms with Gasteiger partial charge in [-0.2, -0.15) is 18.1 Å². The van der Waals surface area contributed by atoms with Gasteiger partial charge >= 0.3 is 18.4 Å². The monoisotopic (exact) mass is 440 g/mol. The molecule has 0 aliphatic heterocycles. The Bertz CT molecular complexity index is 961. The van der Waals surface area contributed by atoms with Crippen LogP contribution in [-0.4, -0.2) is 28.4 Å². The molecule has 0 aliphatic rings. The number of hydrogen-bond acceptors (Lipinski definition) is 5. The average Bonchev–Trinajstić information content (AvgIpc) is 2.56. The molecule has 0 spiro atoms. The summed E-state index contributed by atoms with van der Waals surface area (Å²) in [6.45, 7) is 10.9. The molecule has 170 valence electrons. The number of fused-ring (bicyclic) bond motifs is 1. The summed E-state index contributed by atoms with van der Waals surface area (Å²) in [5.41, 5.74) is -3.05. The van der Waals surface area contributed by atoms with E-state index in [1.54, 1.807) is 13.0 Å². The highest BCUT2D eigenvalue weighted by Gasteiger charge is 2.43. The molecule has 31 heavy (non-hydrogen) atoms. The summed E-state index contributed by atoms with van der Waals surface area (Å²) < 4.78 is 53.1. The number of halogens is 3. The highest BCUT2D eigenvalue weighted by molar-refractivity contribution is 6.11. The van der Waals surface area contributed by atoms with Crippen molar-refractivity contribution in [2.45, 2.75) is 72.3 Å². The molecule has 9 heteroatoms. The van der Waals surface area contributed by atoms with Crippen LogP contribution in [0.25, 0.3) is 10.8 Å².